The molecule has 0 fully saturated rings. The fraction of sp³-hybridized carbons (Fsp3) is 0. The maximum Gasteiger partial charge on any atom is 0.193 e. The van der Waals surface area contributed by atoms with Gasteiger partial charge in [-0.3, -0.25) is 4.79 Å². The van der Waals surface area contributed by atoms with Crippen molar-refractivity contribution in [3.63, 3.8) is 0 Å². The van der Waals surface area contributed by atoms with Crippen LogP contribution < -0.4 is 4.90 Å². The summed E-state index contributed by atoms with van der Waals surface area (Å²) in [5, 5.41) is 0. The van der Waals surface area contributed by atoms with E-state index in [1.165, 1.54) is 5.56 Å². The van der Waals surface area contributed by atoms with Crippen LogP contribution in [0.1, 0.15) is 38.2 Å². The van der Waals surface area contributed by atoms with Gasteiger partial charge in [0.1, 0.15) is 0 Å². The molecule has 206 valence electrons. The number of para-hydroxylation sites is 1. The monoisotopic (exact) mass is 553 g/mol. The molecule has 6 aromatic rings. The van der Waals surface area contributed by atoms with E-state index in [4.69, 9.17) is 0 Å². The van der Waals surface area contributed by atoms with Gasteiger partial charge in [0.05, 0.1) is 0 Å². The highest BCUT2D eigenvalue weighted by Gasteiger charge is 2.12. The molecule has 0 spiro atoms. The van der Waals surface area contributed by atoms with Crippen molar-refractivity contribution in [2.75, 3.05) is 4.90 Å². The average molecular weight is 554 g/mol. The van der Waals surface area contributed by atoms with Gasteiger partial charge in [-0.1, -0.05) is 152 Å². The van der Waals surface area contributed by atoms with Gasteiger partial charge in [-0.15, -0.1) is 0 Å². The Morgan fingerprint density at radius 3 is 1.14 bits per heavy atom. The van der Waals surface area contributed by atoms with E-state index < -0.39 is 0 Å². The van der Waals surface area contributed by atoms with Crippen LogP contribution in [0.15, 0.2) is 164 Å². The molecule has 2 nitrogen and oxygen atoms in total. The van der Waals surface area contributed by atoms with Gasteiger partial charge >= 0.3 is 0 Å². The molecule has 0 unspecified atom stereocenters. The first-order valence-corrected chi connectivity index (χ1v) is 14.4. The molecule has 6 aromatic carbocycles. The van der Waals surface area contributed by atoms with Gasteiger partial charge in [-0.05, 0) is 58.7 Å². The van der Waals surface area contributed by atoms with Crippen LogP contribution in [0.2, 0.25) is 0 Å². The predicted octanol–water partition coefficient (Wildman–Crippen LogP) is 10.7. The Hall–Kier alpha value is -5.73. The molecule has 0 aliphatic rings. The molecular formula is C41H31NO. The minimum atomic E-state index is 0.0352. The van der Waals surface area contributed by atoms with E-state index in [0.717, 1.165) is 33.8 Å². The molecule has 43 heavy (non-hydrogen) atoms. The topological polar surface area (TPSA) is 20.3 Å². The lowest BCUT2D eigenvalue weighted by atomic mass is 10.0. The summed E-state index contributed by atoms with van der Waals surface area (Å²) in [6, 6.07) is 55.1. The predicted molar refractivity (Wildman–Crippen MR) is 182 cm³/mol. The Morgan fingerprint density at radius 1 is 0.349 bits per heavy atom. The van der Waals surface area contributed by atoms with Crippen molar-refractivity contribution < 1.29 is 4.79 Å². The third-order valence-corrected chi connectivity index (χ3v) is 7.26. The average Bonchev–Trinajstić information content (AvgIpc) is 3.09. The first kappa shape index (κ1) is 27.4. The van der Waals surface area contributed by atoms with E-state index in [-0.39, 0.29) is 5.78 Å². The van der Waals surface area contributed by atoms with E-state index in [0.29, 0.717) is 11.1 Å². The Morgan fingerprint density at radius 2 is 0.674 bits per heavy atom. The van der Waals surface area contributed by atoms with Gasteiger partial charge in [0.25, 0.3) is 0 Å². The molecule has 0 aromatic heterocycles. The van der Waals surface area contributed by atoms with Gasteiger partial charge in [0.15, 0.2) is 5.78 Å². The quantitative estimate of drug-likeness (QED) is 0.131. The number of hydrogen-bond donors (Lipinski definition) is 0. The highest BCUT2D eigenvalue weighted by molar-refractivity contribution is 6.09. The van der Waals surface area contributed by atoms with Crippen LogP contribution in [0.3, 0.4) is 0 Å². The summed E-state index contributed by atoms with van der Waals surface area (Å²) in [5.41, 5.74) is 9.14. The number of nitrogens with zero attached hydrogens (tertiary/aromatic N) is 1. The first-order chi connectivity index (χ1) is 21.2. The standard InChI is InChI=1S/C41H31NO/c43-41(36-12-6-2-7-13-36)37-26-20-33(21-27-37)18-19-35-24-30-40(31-25-35)42(38-14-8-3-9-15-38)39-28-22-34(23-29-39)17-16-32-10-4-1-5-11-32/h1-31H. The Labute approximate surface area is 253 Å². The summed E-state index contributed by atoms with van der Waals surface area (Å²) in [6.45, 7) is 0. The van der Waals surface area contributed by atoms with Crippen molar-refractivity contribution in [1.82, 2.24) is 0 Å². The minimum Gasteiger partial charge on any atom is -0.311 e. The van der Waals surface area contributed by atoms with Crippen LogP contribution in [-0.4, -0.2) is 5.78 Å². The minimum absolute atomic E-state index is 0.0352. The van der Waals surface area contributed by atoms with Crippen LogP contribution >= 0.6 is 0 Å². The summed E-state index contributed by atoms with van der Waals surface area (Å²) >= 11 is 0. The van der Waals surface area contributed by atoms with Crippen LogP contribution in [0.25, 0.3) is 24.3 Å². The summed E-state index contributed by atoms with van der Waals surface area (Å²) in [4.78, 5) is 15.0. The number of rotatable bonds is 9. The lowest BCUT2D eigenvalue weighted by molar-refractivity contribution is 0.103. The molecule has 0 radical (unpaired) electrons. The number of hydrogen-bond acceptors (Lipinski definition) is 2. The van der Waals surface area contributed by atoms with Crippen LogP contribution in [0, 0.1) is 0 Å². The molecule has 0 saturated heterocycles. The van der Waals surface area contributed by atoms with E-state index in [9.17, 15) is 4.79 Å². The summed E-state index contributed by atoms with van der Waals surface area (Å²) in [5.74, 6) is 0.0352. The number of ketones is 1. The smallest absolute Gasteiger partial charge is 0.193 e. The fourth-order valence-electron chi connectivity index (χ4n) is 4.94. The van der Waals surface area contributed by atoms with Crippen molar-refractivity contribution in [1.29, 1.82) is 0 Å². The van der Waals surface area contributed by atoms with E-state index in [1.54, 1.807) is 0 Å². The van der Waals surface area contributed by atoms with E-state index >= 15 is 0 Å². The lowest BCUT2D eigenvalue weighted by Gasteiger charge is -2.25. The second kappa shape index (κ2) is 13.3. The first-order valence-electron chi connectivity index (χ1n) is 14.4. The van der Waals surface area contributed by atoms with Gasteiger partial charge in [-0.2, -0.15) is 0 Å². The maximum absolute atomic E-state index is 12.7. The van der Waals surface area contributed by atoms with E-state index in [2.05, 4.69) is 126 Å². The summed E-state index contributed by atoms with van der Waals surface area (Å²) < 4.78 is 0. The largest absolute Gasteiger partial charge is 0.311 e. The summed E-state index contributed by atoms with van der Waals surface area (Å²) in [7, 11) is 0. The molecule has 0 heterocycles. The van der Waals surface area contributed by atoms with Gasteiger partial charge < -0.3 is 4.90 Å². The van der Waals surface area contributed by atoms with Crippen LogP contribution in [0.4, 0.5) is 17.1 Å². The molecular weight excluding hydrogens is 522 g/mol. The second-order valence-corrected chi connectivity index (χ2v) is 10.2. The summed E-state index contributed by atoms with van der Waals surface area (Å²) in [6.07, 6.45) is 8.44. The highest BCUT2D eigenvalue weighted by Crippen LogP contribution is 2.34. The van der Waals surface area contributed by atoms with Gasteiger partial charge in [-0.25, -0.2) is 0 Å². The van der Waals surface area contributed by atoms with E-state index in [1.807, 2.05) is 66.7 Å². The van der Waals surface area contributed by atoms with Crippen molar-refractivity contribution in [2.24, 2.45) is 0 Å². The SMILES string of the molecule is O=C(c1ccccc1)c1ccc(C=Cc2ccc(N(c3ccccc3)c3ccc(C=Cc4ccccc4)cc3)cc2)cc1. The molecule has 0 amide bonds. The number of benzene rings is 6. The molecule has 0 aliphatic heterocycles. The van der Waals surface area contributed by atoms with Crippen molar-refractivity contribution >= 4 is 47.1 Å². The molecule has 0 atom stereocenters. The van der Waals surface area contributed by atoms with Crippen LogP contribution in [-0.2, 0) is 0 Å². The zero-order valence-corrected chi connectivity index (χ0v) is 23.8. The maximum atomic E-state index is 12.7. The number of carbonyl (C=O) groups excluding carboxylic acids is 1. The fourth-order valence-corrected chi connectivity index (χ4v) is 4.94. The third-order valence-electron chi connectivity index (χ3n) is 7.26. The zero-order valence-electron chi connectivity index (χ0n) is 23.8. The normalized spacial score (nSPS) is 11.2. The zero-order chi connectivity index (χ0) is 29.3. The molecule has 0 N–H and O–H groups in total. The van der Waals surface area contributed by atoms with Crippen molar-refractivity contribution in [2.45, 2.75) is 0 Å². The lowest BCUT2D eigenvalue weighted by Crippen LogP contribution is -2.09. The van der Waals surface area contributed by atoms with Gasteiger partial charge in [0, 0.05) is 28.2 Å². The van der Waals surface area contributed by atoms with Crippen molar-refractivity contribution in [3.05, 3.63) is 197 Å². The second-order valence-electron chi connectivity index (χ2n) is 10.2. The molecule has 0 bridgehead atoms. The highest BCUT2D eigenvalue weighted by atomic mass is 16.1. The third kappa shape index (κ3) is 6.95. The van der Waals surface area contributed by atoms with Crippen LogP contribution in [0.5, 0.6) is 0 Å². The Bertz CT molecular complexity index is 1820. The number of anilines is 3. The molecule has 0 saturated carbocycles. The molecule has 6 rings (SSSR count). The Kier molecular flexibility index (Phi) is 8.48. The van der Waals surface area contributed by atoms with Gasteiger partial charge in [0.2, 0.25) is 0 Å². The molecule has 0 aliphatic carbocycles. The Balaban J connectivity index is 1.18. The number of carbonyl (C=O) groups is 1. The molecule has 2 heteroatoms. The van der Waals surface area contributed by atoms with Crippen molar-refractivity contribution in [3.8, 4) is 0 Å².